The highest BCUT2D eigenvalue weighted by Crippen LogP contribution is 2.37. The van der Waals surface area contributed by atoms with Crippen molar-refractivity contribution in [1.82, 2.24) is 24.8 Å². The maximum atomic E-state index is 13.4. The molecule has 9 heteroatoms. The Bertz CT molecular complexity index is 1300. The molecule has 0 bridgehead atoms. The molecule has 3 aromatic rings. The summed E-state index contributed by atoms with van der Waals surface area (Å²) >= 11 is 0. The number of benzene rings is 2. The molecule has 3 fully saturated rings. The van der Waals surface area contributed by atoms with Crippen LogP contribution in [0.15, 0.2) is 60.7 Å². The van der Waals surface area contributed by atoms with Gasteiger partial charge in [0.05, 0.1) is 23.4 Å². The van der Waals surface area contributed by atoms with E-state index in [0.29, 0.717) is 36.3 Å². The minimum atomic E-state index is -0.266. The summed E-state index contributed by atoms with van der Waals surface area (Å²) in [5.41, 5.74) is 8.86. The van der Waals surface area contributed by atoms with Gasteiger partial charge in [-0.15, -0.1) is 5.10 Å². The molecule has 4 unspecified atom stereocenters. The molecule has 204 valence electrons. The average molecular weight is 529 g/mol. The molecular formula is C30H36N6O3. The van der Waals surface area contributed by atoms with E-state index in [1.807, 2.05) is 60.4 Å². The zero-order chi connectivity index (χ0) is 26.9. The smallest absolute Gasteiger partial charge is 0.276 e. The number of fused-ring (bicyclic) bond motifs is 1. The highest BCUT2D eigenvalue weighted by molar-refractivity contribution is 5.93. The maximum absolute atomic E-state index is 13.4. The van der Waals surface area contributed by atoms with Gasteiger partial charge in [0.1, 0.15) is 0 Å². The molecule has 0 aliphatic carbocycles. The number of carbonyl (C=O) groups is 2. The van der Waals surface area contributed by atoms with Crippen molar-refractivity contribution in [3.63, 3.8) is 0 Å². The summed E-state index contributed by atoms with van der Waals surface area (Å²) in [6, 6.07) is 20.0. The van der Waals surface area contributed by atoms with Crippen molar-refractivity contribution < 1.29 is 14.3 Å². The van der Waals surface area contributed by atoms with E-state index in [-0.39, 0.29) is 29.8 Å². The third-order valence-electron chi connectivity index (χ3n) is 8.70. The van der Waals surface area contributed by atoms with Gasteiger partial charge in [-0.2, -0.15) is 9.90 Å². The number of ether oxygens (including phenoxy) is 1. The predicted molar refractivity (Wildman–Crippen MR) is 146 cm³/mol. The van der Waals surface area contributed by atoms with Gasteiger partial charge < -0.3 is 20.3 Å². The van der Waals surface area contributed by atoms with Crippen molar-refractivity contribution in [2.45, 2.75) is 31.8 Å². The van der Waals surface area contributed by atoms with E-state index in [4.69, 9.17) is 10.5 Å². The normalized spacial score (nSPS) is 25.6. The first-order valence-electron chi connectivity index (χ1n) is 13.9. The van der Waals surface area contributed by atoms with Gasteiger partial charge in [0.15, 0.2) is 5.69 Å². The molecule has 6 rings (SSSR count). The van der Waals surface area contributed by atoms with Crippen molar-refractivity contribution in [3.05, 3.63) is 77.6 Å². The number of likely N-dealkylation sites (tertiary alicyclic amines) is 2. The summed E-state index contributed by atoms with van der Waals surface area (Å²) < 4.78 is 6.08. The Morgan fingerprint density at radius 3 is 2.31 bits per heavy atom. The largest absolute Gasteiger partial charge is 0.377 e. The molecule has 3 saturated heterocycles. The number of nitrogens with zero attached hydrogens (tertiary/aromatic N) is 5. The van der Waals surface area contributed by atoms with Crippen molar-refractivity contribution in [3.8, 4) is 5.69 Å². The first-order valence-corrected chi connectivity index (χ1v) is 13.9. The van der Waals surface area contributed by atoms with Gasteiger partial charge in [0.25, 0.3) is 5.91 Å². The van der Waals surface area contributed by atoms with Gasteiger partial charge in [-0.3, -0.25) is 9.59 Å². The first kappa shape index (κ1) is 25.7. The van der Waals surface area contributed by atoms with Crippen LogP contribution >= 0.6 is 0 Å². The standard InChI is InChI=1S/C30H36N6O3/c1-20-27(33-36(32-20)24-10-6-3-7-11-24)30(38)35-18-22-16-34(17-23(22)19-35)14-12-25(21-8-4-2-5-9-21)28-26(29(31)37)13-15-39-28/h2-11,22-23,25-26,28H,12-19H2,1H3,(H2,31,37)/t22?,23?,25-,26?,28?/m0/s1. The van der Waals surface area contributed by atoms with E-state index in [9.17, 15) is 9.59 Å². The Labute approximate surface area is 228 Å². The number of aromatic nitrogens is 3. The zero-order valence-corrected chi connectivity index (χ0v) is 22.4. The quantitative estimate of drug-likeness (QED) is 0.482. The molecule has 2 N–H and O–H groups in total. The van der Waals surface area contributed by atoms with Crippen LogP contribution in [0.4, 0.5) is 0 Å². The zero-order valence-electron chi connectivity index (χ0n) is 22.4. The Balaban J connectivity index is 1.07. The molecule has 3 aliphatic heterocycles. The highest BCUT2D eigenvalue weighted by atomic mass is 16.5. The van der Waals surface area contributed by atoms with Crippen molar-refractivity contribution in [2.24, 2.45) is 23.5 Å². The van der Waals surface area contributed by atoms with Crippen LogP contribution in [0.3, 0.4) is 0 Å². The Morgan fingerprint density at radius 2 is 1.64 bits per heavy atom. The Morgan fingerprint density at radius 1 is 0.974 bits per heavy atom. The number of aryl methyl sites for hydroxylation is 1. The fourth-order valence-corrected chi connectivity index (χ4v) is 6.70. The average Bonchev–Trinajstić information content (AvgIpc) is 3.73. The number of hydrogen-bond donors (Lipinski definition) is 1. The molecule has 4 heterocycles. The molecule has 9 nitrogen and oxygen atoms in total. The summed E-state index contributed by atoms with van der Waals surface area (Å²) in [6.07, 6.45) is 1.43. The molecule has 0 spiro atoms. The number of para-hydroxylation sites is 1. The molecule has 5 atom stereocenters. The number of primary amides is 1. The lowest BCUT2D eigenvalue weighted by molar-refractivity contribution is -0.123. The van der Waals surface area contributed by atoms with E-state index < -0.39 is 0 Å². The summed E-state index contributed by atoms with van der Waals surface area (Å²) in [6.45, 7) is 6.78. The minimum Gasteiger partial charge on any atom is -0.377 e. The summed E-state index contributed by atoms with van der Waals surface area (Å²) in [7, 11) is 0. The molecule has 39 heavy (non-hydrogen) atoms. The molecule has 0 radical (unpaired) electrons. The van der Waals surface area contributed by atoms with E-state index in [1.165, 1.54) is 5.56 Å². The third-order valence-corrected chi connectivity index (χ3v) is 8.70. The lowest BCUT2D eigenvalue weighted by atomic mass is 9.83. The van der Waals surface area contributed by atoms with Gasteiger partial charge in [-0.1, -0.05) is 48.5 Å². The van der Waals surface area contributed by atoms with Gasteiger partial charge >= 0.3 is 0 Å². The molecule has 3 aliphatic rings. The monoisotopic (exact) mass is 528 g/mol. The van der Waals surface area contributed by atoms with Crippen LogP contribution in [0.5, 0.6) is 0 Å². The summed E-state index contributed by atoms with van der Waals surface area (Å²) in [4.78, 5) is 31.5. The lowest BCUT2D eigenvalue weighted by Crippen LogP contribution is -2.37. The van der Waals surface area contributed by atoms with Crippen LogP contribution < -0.4 is 5.73 Å². The van der Waals surface area contributed by atoms with E-state index in [1.54, 1.807) is 4.80 Å². The Hall–Kier alpha value is -3.56. The van der Waals surface area contributed by atoms with Crippen LogP contribution in [0.1, 0.15) is 40.5 Å². The number of hydrogen-bond acceptors (Lipinski definition) is 6. The van der Waals surface area contributed by atoms with Crippen LogP contribution in [0.2, 0.25) is 0 Å². The topological polar surface area (TPSA) is 107 Å². The maximum Gasteiger partial charge on any atom is 0.276 e. The van der Waals surface area contributed by atoms with E-state index in [0.717, 1.165) is 44.8 Å². The lowest BCUT2D eigenvalue weighted by Gasteiger charge is -2.29. The van der Waals surface area contributed by atoms with Gasteiger partial charge in [-0.25, -0.2) is 0 Å². The molecule has 0 saturated carbocycles. The predicted octanol–water partition coefficient (Wildman–Crippen LogP) is 2.64. The summed E-state index contributed by atoms with van der Waals surface area (Å²) in [5.74, 6) is 0.494. The van der Waals surface area contributed by atoms with Gasteiger partial charge in [0.2, 0.25) is 5.91 Å². The first-order chi connectivity index (χ1) is 19.0. The van der Waals surface area contributed by atoms with Gasteiger partial charge in [-0.05, 0) is 55.8 Å². The molecular weight excluding hydrogens is 492 g/mol. The van der Waals surface area contributed by atoms with Crippen LogP contribution in [-0.2, 0) is 9.53 Å². The van der Waals surface area contributed by atoms with E-state index in [2.05, 4.69) is 27.2 Å². The number of amides is 2. The molecule has 2 aromatic carbocycles. The highest BCUT2D eigenvalue weighted by Gasteiger charge is 2.43. The van der Waals surface area contributed by atoms with Crippen LogP contribution in [-0.4, -0.2) is 82.0 Å². The van der Waals surface area contributed by atoms with Crippen molar-refractivity contribution >= 4 is 11.8 Å². The number of rotatable bonds is 8. The van der Waals surface area contributed by atoms with Crippen molar-refractivity contribution in [2.75, 3.05) is 39.3 Å². The fraction of sp³-hybridized carbons (Fsp3) is 0.467. The fourth-order valence-electron chi connectivity index (χ4n) is 6.70. The second kappa shape index (κ2) is 10.9. The third kappa shape index (κ3) is 5.21. The molecule has 2 amide bonds. The van der Waals surface area contributed by atoms with Crippen LogP contribution in [0.25, 0.3) is 5.69 Å². The molecule has 1 aromatic heterocycles. The second-order valence-electron chi connectivity index (χ2n) is 11.2. The minimum absolute atomic E-state index is 0.0318. The van der Waals surface area contributed by atoms with Crippen LogP contribution in [0, 0.1) is 24.7 Å². The number of carbonyl (C=O) groups excluding carboxylic acids is 2. The summed E-state index contributed by atoms with van der Waals surface area (Å²) in [5, 5.41) is 9.01. The second-order valence-corrected chi connectivity index (χ2v) is 11.2. The Kier molecular flexibility index (Phi) is 7.18. The SMILES string of the molecule is Cc1nn(-c2ccccc2)nc1C(=O)N1CC2CN(CC[C@@H](c3ccccc3)C3OCCC3C(N)=O)CC2C1. The van der Waals surface area contributed by atoms with Crippen molar-refractivity contribution in [1.29, 1.82) is 0 Å². The van der Waals surface area contributed by atoms with E-state index >= 15 is 0 Å². The van der Waals surface area contributed by atoms with Gasteiger partial charge in [0, 0.05) is 38.7 Å². The number of nitrogens with two attached hydrogens (primary N) is 1.